The van der Waals surface area contributed by atoms with Crippen LogP contribution in [0.1, 0.15) is 54.4 Å². The highest BCUT2D eigenvalue weighted by molar-refractivity contribution is 6.13. The van der Waals surface area contributed by atoms with Crippen LogP contribution in [0.4, 0.5) is 5.69 Å². The predicted octanol–water partition coefficient (Wildman–Crippen LogP) is 2.23. The summed E-state index contributed by atoms with van der Waals surface area (Å²) < 4.78 is 0. The fourth-order valence-corrected chi connectivity index (χ4v) is 5.16. The van der Waals surface area contributed by atoms with Crippen molar-refractivity contribution in [3.05, 3.63) is 35.9 Å². The summed E-state index contributed by atoms with van der Waals surface area (Å²) in [4.78, 5) is 43.1. The van der Waals surface area contributed by atoms with Gasteiger partial charge in [-0.05, 0) is 45.5 Å². The first-order valence-electron chi connectivity index (χ1n) is 10.7. The Bertz CT molecular complexity index is 910. The van der Waals surface area contributed by atoms with Gasteiger partial charge in [0, 0.05) is 42.5 Å². The molecule has 0 spiro atoms. The van der Waals surface area contributed by atoms with Crippen LogP contribution in [0.15, 0.2) is 24.8 Å². The molecule has 1 aliphatic carbocycles. The van der Waals surface area contributed by atoms with E-state index in [4.69, 9.17) is 0 Å². The molecule has 3 atom stereocenters. The molecule has 2 heterocycles. The topological polar surface area (TPSA) is 73.0 Å². The molecule has 4 rings (SSSR count). The summed E-state index contributed by atoms with van der Waals surface area (Å²) in [6.07, 6.45) is 5.31. The van der Waals surface area contributed by atoms with Crippen molar-refractivity contribution in [3.8, 4) is 0 Å². The van der Waals surface area contributed by atoms with Gasteiger partial charge in [0.1, 0.15) is 6.04 Å². The average molecular weight is 411 g/mol. The van der Waals surface area contributed by atoms with E-state index in [0.29, 0.717) is 29.8 Å². The van der Waals surface area contributed by atoms with E-state index < -0.39 is 11.9 Å². The Hall–Kier alpha value is -2.67. The van der Waals surface area contributed by atoms with Gasteiger partial charge in [-0.15, -0.1) is 0 Å². The molecular formula is C23H30N4O3. The normalized spacial score (nSPS) is 26.8. The van der Waals surface area contributed by atoms with Crippen LogP contribution in [0.25, 0.3) is 5.70 Å². The smallest absolute Gasteiger partial charge is 0.259 e. The van der Waals surface area contributed by atoms with E-state index in [-0.39, 0.29) is 18.2 Å². The van der Waals surface area contributed by atoms with Crippen molar-refractivity contribution < 1.29 is 14.4 Å². The number of carbonyl (C=O) groups excluding carboxylic acids is 3. The maximum Gasteiger partial charge on any atom is 0.259 e. The SMILES string of the molecule is C=C1c2ccc(N(C)[C@@H]3CCCCC3N(C)C)cc2C(=O)N1C1CCC(=O)NC1=O. The fourth-order valence-electron chi connectivity index (χ4n) is 5.16. The standard InChI is InChI=1S/C23H30N4O3/c1-14-16-10-9-15(26(4)19-8-6-5-7-18(19)25(2)3)13-17(16)23(30)27(14)20-11-12-21(28)24-22(20)29/h9-10,13,18-20H,1,5-8,11-12H2,2-4H3,(H,24,28,29)/t18?,19-,20?/m1/s1. The lowest BCUT2D eigenvalue weighted by Gasteiger charge is -2.42. The molecule has 160 valence electrons. The molecule has 1 saturated heterocycles. The number of fused-ring (bicyclic) bond motifs is 1. The van der Waals surface area contributed by atoms with Crippen LogP contribution in [-0.2, 0) is 9.59 Å². The number of carbonyl (C=O) groups is 3. The summed E-state index contributed by atoms with van der Waals surface area (Å²) in [5, 5.41) is 2.34. The Balaban J connectivity index is 1.60. The van der Waals surface area contributed by atoms with Gasteiger partial charge in [0.15, 0.2) is 0 Å². The van der Waals surface area contributed by atoms with Gasteiger partial charge in [0.25, 0.3) is 5.91 Å². The van der Waals surface area contributed by atoms with E-state index in [1.165, 1.54) is 24.2 Å². The summed E-state index contributed by atoms with van der Waals surface area (Å²) in [5.41, 5.74) is 2.86. The lowest BCUT2D eigenvalue weighted by molar-refractivity contribution is -0.136. The van der Waals surface area contributed by atoms with Crippen molar-refractivity contribution in [1.82, 2.24) is 15.1 Å². The minimum atomic E-state index is -0.687. The number of anilines is 1. The number of imide groups is 1. The molecule has 1 N–H and O–H groups in total. The van der Waals surface area contributed by atoms with Crippen LogP contribution in [-0.4, -0.2) is 66.8 Å². The zero-order chi connectivity index (χ0) is 21.6. The van der Waals surface area contributed by atoms with E-state index in [1.807, 2.05) is 18.2 Å². The second-order valence-corrected chi connectivity index (χ2v) is 8.81. The molecule has 0 radical (unpaired) electrons. The Kier molecular flexibility index (Phi) is 5.40. The predicted molar refractivity (Wildman–Crippen MR) is 116 cm³/mol. The quantitative estimate of drug-likeness (QED) is 0.771. The molecule has 2 aliphatic heterocycles. The summed E-state index contributed by atoms with van der Waals surface area (Å²) >= 11 is 0. The molecule has 1 aromatic rings. The zero-order valence-electron chi connectivity index (χ0n) is 18.0. The van der Waals surface area contributed by atoms with Crippen molar-refractivity contribution in [2.45, 2.75) is 56.7 Å². The molecule has 1 saturated carbocycles. The van der Waals surface area contributed by atoms with Crippen LogP contribution < -0.4 is 10.2 Å². The van der Waals surface area contributed by atoms with Crippen molar-refractivity contribution in [3.63, 3.8) is 0 Å². The third kappa shape index (κ3) is 3.41. The van der Waals surface area contributed by atoms with Gasteiger partial charge in [0.05, 0.1) is 5.56 Å². The fraction of sp³-hybridized carbons (Fsp3) is 0.522. The maximum atomic E-state index is 13.2. The number of piperidine rings is 1. The molecule has 7 heteroatoms. The highest BCUT2D eigenvalue weighted by atomic mass is 16.2. The van der Waals surface area contributed by atoms with Gasteiger partial charge in [0.2, 0.25) is 11.8 Å². The molecule has 3 amide bonds. The van der Waals surface area contributed by atoms with Crippen molar-refractivity contribution in [1.29, 1.82) is 0 Å². The summed E-state index contributed by atoms with van der Waals surface area (Å²) in [6, 6.07) is 6.07. The summed E-state index contributed by atoms with van der Waals surface area (Å²) in [6.45, 7) is 4.08. The van der Waals surface area contributed by atoms with Gasteiger partial charge in [-0.1, -0.05) is 25.5 Å². The molecule has 30 heavy (non-hydrogen) atoms. The number of likely N-dealkylation sites (N-methyl/N-ethyl adjacent to an activating group) is 2. The lowest BCUT2D eigenvalue weighted by atomic mass is 9.88. The molecule has 1 aromatic carbocycles. The third-order valence-corrected chi connectivity index (χ3v) is 6.84. The van der Waals surface area contributed by atoms with Gasteiger partial charge in [-0.2, -0.15) is 0 Å². The molecule has 2 unspecified atom stereocenters. The number of rotatable bonds is 4. The molecule has 7 nitrogen and oxygen atoms in total. The first kappa shape index (κ1) is 20.6. The highest BCUT2D eigenvalue weighted by Crippen LogP contribution is 2.38. The van der Waals surface area contributed by atoms with Crippen molar-refractivity contribution in [2.24, 2.45) is 0 Å². The number of benzene rings is 1. The number of nitrogens with zero attached hydrogens (tertiary/aromatic N) is 3. The van der Waals surface area contributed by atoms with Crippen LogP contribution >= 0.6 is 0 Å². The monoisotopic (exact) mass is 410 g/mol. The third-order valence-electron chi connectivity index (χ3n) is 6.84. The van der Waals surface area contributed by atoms with E-state index >= 15 is 0 Å². The van der Waals surface area contributed by atoms with Gasteiger partial charge < -0.3 is 9.80 Å². The van der Waals surface area contributed by atoms with Crippen LogP contribution in [0.2, 0.25) is 0 Å². The summed E-state index contributed by atoms with van der Waals surface area (Å²) in [7, 11) is 6.36. The van der Waals surface area contributed by atoms with E-state index in [2.05, 4.69) is 42.8 Å². The molecule has 0 bridgehead atoms. The Morgan fingerprint density at radius 2 is 1.70 bits per heavy atom. The second kappa shape index (κ2) is 7.87. The molecule has 3 aliphatic rings. The minimum absolute atomic E-state index is 0.215. The molecular weight excluding hydrogens is 380 g/mol. The second-order valence-electron chi connectivity index (χ2n) is 8.81. The number of hydrogen-bond donors (Lipinski definition) is 1. The Morgan fingerprint density at radius 1 is 1.00 bits per heavy atom. The molecule has 0 aromatic heterocycles. The van der Waals surface area contributed by atoms with Crippen LogP contribution in [0.5, 0.6) is 0 Å². The van der Waals surface area contributed by atoms with Gasteiger partial charge >= 0.3 is 0 Å². The first-order valence-corrected chi connectivity index (χ1v) is 10.7. The van der Waals surface area contributed by atoms with E-state index in [0.717, 1.165) is 17.7 Å². The Labute approximate surface area is 177 Å². The van der Waals surface area contributed by atoms with Crippen LogP contribution in [0.3, 0.4) is 0 Å². The maximum absolute atomic E-state index is 13.2. The van der Waals surface area contributed by atoms with Gasteiger partial charge in [-0.25, -0.2) is 0 Å². The Morgan fingerprint density at radius 3 is 2.37 bits per heavy atom. The number of hydrogen-bond acceptors (Lipinski definition) is 5. The number of amides is 3. The molecule has 2 fully saturated rings. The lowest BCUT2D eigenvalue weighted by Crippen LogP contribution is -2.52. The minimum Gasteiger partial charge on any atom is -0.370 e. The van der Waals surface area contributed by atoms with Crippen molar-refractivity contribution in [2.75, 3.05) is 26.0 Å². The average Bonchev–Trinajstić information content (AvgIpc) is 2.97. The van der Waals surface area contributed by atoms with Crippen LogP contribution in [0, 0.1) is 0 Å². The largest absolute Gasteiger partial charge is 0.370 e. The summed E-state index contributed by atoms with van der Waals surface area (Å²) in [5.74, 6) is -0.938. The van der Waals surface area contributed by atoms with Crippen molar-refractivity contribution >= 4 is 29.1 Å². The highest BCUT2D eigenvalue weighted by Gasteiger charge is 2.42. The number of nitrogens with one attached hydrogen (secondary N) is 1. The van der Waals surface area contributed by atoms with E-state index in [9.17, 15) is 14.4 Å². The zero-order valence-corrected chi connectivity index (χ0v) is 18.0. The first-order chi connectivity index (χ1) is 14.3. The van der Waals surface area contributed by atoms with Gasteiger partial charge in [-0.3, -0.25) is 24.6 Å². The van der Waals surface area contributed by atoms with E-state index in [1.54, 1.807) is 0 Å².